The van der Waals surface area contributed by atoms with Crippen molar-refractivity contribution in [3.8, 4) is 0 Å². The number of nitrogens with zero attached hydrogens (tertiary/aromatic N) is 2. The molecule has 9 heteroatoms. The van der Waals surface area contributed by atoms with Crippen LogP contribution >= 0.6 is 11.6 Å². The fourth-order valence-electron chi connectivity index (χ4n) is 4.41. The summed E-state index contributed by atoms with van der Waals surface area (Å²) in [6, 6.07) is 25.0. The number of amides is 2. The first-order valence-electron chi connectivity index (χ1n) is 13.5. The number of nitrogens with one attached hydrogen (secondary N) is 1. The van der Waals surface area contributed by atoms with Gasteiger partial charge in [-0.25, -0.2) is 8.42 Å². The largest absolute Gasteiger partial charge is 0.352 e. The fraction of sp³-hybridized carbons (Fsp3) is 0.355. The van der Waals surface area contributed by atoms with Crippen LogP contribution in [0.4, 0.5) is 5.69 Å². The Balaban J connectivity index is 1.87. The van der Waals surface area contributed by atoms with E-state index in [9.17, 15) is 18.0 Å². The molecule has 0 saturated carbocycles. The van der Waals surface area contributed by atoms with Gasteiger partial charge in [0.15, 0.2) is 0 Å². The van der Waals surface area contributed by atoms with Gasteiger partial charge in [-0.1, -0.05) is 85.3 Å². The summed E-state index contributed by atoms with van der Waals surface area (Å²) in [5, 5.41) is 3.48. The quantitative estimate of drug-likeness (QED) is 0.274. The van der Waals surface area contributed by atoms with E-state index < -0.39 is 16.1 Å². The summed E-state index contributed by atoms with van der Waals surface area (Å²) in [4.78, 5) is 29.0. The van der Waals surface area contributed by atoms with E-state index in [-0.39, 0.29) is 43.8 Å². The molecule has 0 fully saturated rings. The second-order valence-corrected chi connectivity index (χ2v) is 12.3. The highest BCUT2D eigenvalue weighted by Gasteiger charge is 2.31. The monoisotopic (exact) mass is 583 g/mol. The first-order chi connectivity index (χ1) is 19.1. The summed E-state index contributed by atoms with van der Waals surface area (Å²) in [5.74, 6) is -0.428. The lowest BCUT2D eigenvalue weighted by atomic mass is 10.0. The molecule has 2 atom stereocenters. The van der Waals surface area contributed by atoms with Gasteiger partial charge >= 0.3 is 0 Å². The molecule has 0 aliphatic carbocycles. The van der Waals surface area contributed by atoms with E-state index >= 15 is 0 Å². The first-order valence-corrected chi connectivity index (χ1v) is 15.7. The molecular formula is C31H38ClN3O4S. The molecule has 0 bridgehead atoms. The lowest BCUT2D eigenvalue weighted by Crippen LogP contribution is -2.52. The molecule has 0 radical (unpaired) electrons. The molecule has 3 rings (SSSR count). The molecule has 0 aromatic heterocycles. The maximum absolute atomic E-state index is 13.8. The Hall–Kier alpha value is -3.36. The van der Waals surface area contributed by atoms with Crippen LogP contribution in [-0.2, 0) is 32.6 Å². The summed E-state index contributed by atoms with van der Waals surface area (Å²) in [6.45, 7) is 4.30. The van der Waals surface area contributed by atoms with Crippen molar-refractivity contribution < 1.29 is 18.0 Å². The number of hydrogen-bond donors (Lipinski definition) is 1. The highest BCUT2D eigenvalue weighted by Crippen LogP contribution is 2.23. The Labute approximate surface area is 243 Å². The number of hydrogen-bond acceptors (Lipinski definition) is 4. The second-order valence-electron chi connectivity index (χ2n) is 9.95. The Morgan fingerprint density at radius 1 is 0.925 bits per heavy atom. The van der Waals surface area contributed by atoms with Gasteiger partial charge in [0, 0.05) is 37.0 Å². The third-order valence-corrected chi connectivity index (χ3v) is 8.15. The van der Waals surface area contributed by atoms with Crippen molar-refractivity contribution in [3.63, 3.8) is 0 Å². The predicted molar refractivity (Wildman–Crippen MR) is 162 cm³/mol. The van der Waals surface area contributed by atoms with Crippen molar-refractivity contribution in [2.45, 2.75) is 58.2 Å². The smallest absolute Gasteiger partial charge is 0.243 e. The van der Waals surface area contributed by atoms with E-state index in [0.717, 1.165) is 23.8 Å². The van der Waals surface area contributed by atoms with Gasteiger partial charge in [-0.05, 0) is 49.1 Å². The topological polar surface area (TPSA) is 86.8 Å². The molecular weight excluding hydrogens is 546 g/mol. The number of carbonyl (C=O) groups excluding carboxylic acids is 2. The van der Waals surface area contributed by atoms with Crippen molar-refractivity contribution in [1.29, 1.82) is 0 Å². The maximum Gasteiger partial charge on any atom is 0.243 e. The minimum atomic E-state index is -3.60. The van der Waals surface area contributed by atoms with E-state index in [1.54, 1.807) is 29.2 Å². The summed E-state index contributed by atoms with van der Waals surface area (Å²) >= 11 is 6.10. The average Bonchev–Trinajstić information content (AvgIpc) is 2.93. The molecule has 3 aromatic carbocycles. The molecule has 214 valence electrons. The zero-order valence-electron chi connectivity index (χ0n) is 23.3. The zero-order valence-corrected chi connectivity index (χ0v) is 24.9. The number of halogens is 1. The van der Waals surface area contributed by atoms with Crippen LogP contribution in [0.2, 0.25) is 5.02 Å². The Kier molecular flexibility index (Phi) is 11.6. The van der Waals surface area contributed by atoms with E-state index in [0.29, 0.717) is 17.1 Å². The fourth-order valence-corrected chi connectivity index (χ4v) is 5.55. The molecule has 7 nitrogen and oxygen atoms in total. The molecule has 3 aromatic rings. The highest BCUT2D eigenvalue weighted by atomic mass is 35.5. The van der Waals surface area contributed by atoms with Crippen molar-refractivity contribution >= 4 is 39.1 Å². The van der Waals surface area contributed by atoms with Gasteiger partial charge in [0.2, 0.25) is 21.8 Å². The van der Waals surface area contributed by atoms with Crippen LogP contribution in [0.25, 0.3) is 0 Å². The summed E-state index contributed by atoms with van der Waals surface area (Å²) < 4.78 is 26.4. The van der Waals surface area contributed by atoms with Crippen LogP contribution in [-0.4, -0.2) is 50.0 Å². The number of benzene rings is 3. The van der Waals surface area contributed by atoms with Gasteiger partial charge in [-0.15, -0.1) is 0 Å². The molecule has 0 heterocycles. The number of anilines is 1. The maximum atomic E-state index is 13.8. The molecule has 0 saturated heterocycles. The van der Waals surface area contributed by atoms with Crippen LogP contribution in [0.3, 0.4) is 0 Å². The van der Waals surface area contributed by atoms with Crippen LogP contribution in [0.15, 0.2) is 84.9 Å². The van der Waals surface area contributed by atoms with E-state index in [4.69, 9.17) is 11.6 Å². The van der Waals surface area contributed by atoms with Crippen LogP contribution in [0.5, 0.6) is 0 Å². The highest BCUT2D eigenvalue weighted by molar-refractivity contribution is 7.92. The summed E-state index contributed by atoms with van der Waals surface area (Å²) in [6.07, 6.45) is 2.60. The summed E-state index contributed by atoms with van der Waals surface area (Å²) in [7, 11) is -3.60. The van der Waals surface area contributed by atoms with Crippen molar-refractivity contribution in [2.24, 2.45) is 0 Å². The molecule has 1 N–H and O–H groups in total. The van der Waals surface area contributed by atoms with E-state index in [1.165, 1.54) is 4.31 Å². The normalized spacial score (nSPS) is 12.8. The lowest BCUT2D eigenvalue weighted by molar-refractivity contribution is -0.141. The van der Waals surface area contributed by atoms with Crippen LogP contribution < -0.4 is 9.62 Å². The molecule has 2 unspecified atom stereocenters. The minimum Gasteiger partial charge on any atom is -0.352 e. The second kappa shape index (κ2) is 14.9. The lowest BCUT2D eigenvalue weighted by Gasteiger charge is -2.32. The van der Waals surface area contributed by atoms with Gasteiger partial charge in [0.1, 0.15) is 6.04 Å². The number of carbonyl (C=O) groups is 2. The number of rotatable bonds is 14. The molecule has 0 spiro atoms. The average molecular weight is 584 g/mol. The third kappa shape index (κ3) is 9.38. The first kappa shape index (κ1) is 31.2. The van der Waals surface area contributed by atoms with Gasteiger partial charge in [0.25, 0.3) is 0 Å². The molecule has 0 aliphatic heterocycles. The van der Waals surface area contributed by atoms with Gasteiger partial charge in [-0.2, -0.15) is 0 Å². The van der Waals surface area contributed by atoms with E-state index in [1.807, 2.05) is 74.5 Å². The SMILES string of the molecule is CCC(C)NC(=O)C(Cc1ccccc1)N(Cc1ccccc1)C(=O)CCCN(c1cccc(Cl)c1)S(C)(=O)=O. The van der Waals surface area contributed by atoms with Gasteiger partial charge in [0.05, 0.1) is 11.9 Å². The molecule has 2 amide bonds. The van der Waals surface area contributed by atoms with Gasteiger partial charge < -0.3 is 10.2 Å². The standard InChI is InChI=1S/C31H38ClN3O4S/c1-4-24(2)33-31(37)29(21-25-13-7-5-8-14-25)34(23-26-15-9-6-10-16-26)30(36)19-12-20-35(40(3,38)39)28-18-11-17-27(32)22-28/h5-11,13-18,22,24,29H,4,12,19-21,23H2,1-3H3,(H,33,37). The van der Waals surface area contributed by atoms with Crippen LogP contribution in [0, 0.1) is 0 Å². The Morgan fingerprint density at radius 2 is 1.55 bits per heavy atom. The number of sulfonamides is 1. The van der Waals surface area contributed by atoms with Crippen LogP contribution in [0.1, 0.15) is 44.2 Å². The summed E-state index contributed by atoms with van der Waals surface area (Å²) in [5.41, 5.74) is 2.29. The third-order valence-electron chi connectivity index (χ3n) is 6.72. The molecule has 40 heavy (non-hydrogen) atoms. The minimum absolute atomic E-state index is 0.0412. The predicted octanol–water partition coefficient (Wildman–Crippen LogP) is 5.44. The Morgan fingerprint density at radius 3 is 2.12 bits per heavy atom. The van der Waals surface area contributed by atoms with Gasteiger partial charge in [-0.3, -0.25) is 13.9 Å². The van der Waals surface area contributed by atoms with Crippen molar-refractivity contribution in [3.05, 3.63) is 101 Å². The van der Waals surface area contributed by atoms with Crippen molar-refractivity contribution in [1.82, 2.24) is 10.2 Å². The van der Waals surface area contributed by atoms with E-state index in [2.05, 4.69) is 5.32 Å². The van der Waals surface area contributed by atoms with Crippen molar-refractivity contribution in [2.75, 3.05) is 17.1 Å². The molecule has 0 aliphatic rings. The zero-order chi connectivity index (χ0) is 29.1. The Bertz CT molecular complexity index is 1350.